The van der Waals surface area contributed by atoms with E-state index in [1.165, 1.54) is 0 Å². The van der Waals surface area contributed by atoms with Gasteiger partial charge < -0.3 is 14.5 Å². The number of hydrogen-bond donors (Lipinski definition) is 0. The van der Waals surface area contributed by atoms with E-state index in [1.807, 2.05) is 34.1 Å². The van der Waals surface area contributed by atoms with Crippen LogP contribution in [-0.2, 0) is 14.9 Å². The number of ether oxygens (including phenoxy) is 1. The summed E-state index contributed by atoms with van der Waals surface area (Å²) in [6, 6.07) is 7.52. The minimum Gasteiger partial charge on any atom is -0.378 e. The predicted molar refractivity (Wildman–Crippen MR) is 107 cm³/mol. The van der Waals surface area contributed by atoms with Crippen LogP contribution < -0.4 is 4.90 Å². The molecule has 0 spiro atoms. The highest BCUT2D eigenvalue weighted by Gasteiger charge is 2.24. The highest BCUT2D eigenvalue weighted by molar-refractivity contribution is 7.13. The van der Waals surface area contributed by atoms with Crippen molar-refractivity contribution in [3.8, 4) is 0 Å². The fraction of sp³-hybridized carbons (Fsp3) is 0.474. The third kappa shape index (κ3) is 4.55. The Balaban J connectivity index is 1.87. The van der Waals surface area contributed by atoms with Gasteiger partial charge in [-0.15, -0.1) is 11.3 Å². The second-order valence-corrected chi connectivity index (χ2v) is 8.59. The molecule has 26 heavy (non-hydrogen) atoms. The molecule has 0 atom stereocenters. The number of thiazole rings is 1. The number of carbonyl (C=O) groups is 1. The van der Waals surface area contributed by atoms with E-state index in [0.717, 1.165) is 16.5 Å². The summed E-state index contributed by atoms with van der Waals surface area (Å²) in [4.78, 5) is 21.4. The van der Waals surface area contributed by atoms with E-state index in [4.69, 9.17) is 21.3 Å². The first-order chi connectivity index (χ1) is 12.3. The average molecular weight is 394 g/mol. The lowest BCUT2D eigenvalue weighted by molar-refractivity contribution is -0.133. The molecule has 1 aromatic carbocycles. The number of nitrogens with zero attached hydrogens (tertiary/aromatic N) is 3. The lowest BCUT2D eigenvalue weighted by Crippen LogP contribution is -2.45. The standard InChI is InChI=1S/C19H24ClN3O2S/c1-19(2,3)16-13-26-18(21-16)23(15-6-4-14(20)5-7-15)12-17(24)22-8-10-25-11-9-22/h4-7,13H,8-12H2,1-3H3. The van der Waals surface area contributed by atoms with Crippen LogP contribution in [-0.4, -0.2) is 48.6 Å². The molecule has 2 heterocycles. The van der Waals surface area contributed by atoms with Gasteiger partial charge in [0.05, 0.1) is 18.9 Å². The average Bonchev–Trinajstić information content (AvgIpc) is 3.11. The van der Waals surface area contributed by atoms with E-state index in [0.29, 0.717) is 31.3 Å². The van der Waals surface area contributed by atoms with Crippen LogP contribution in [0.2, 0.25) is 5.02 Å². The third-order valence-corrected chi connectivity index (χ3v) is 5.40. The number of carbonyl (C=O) groups excluding carboxylic acids is 1. The summed E-state index contributed by atoms with van der Waals surface area (Å²) < 4.78 is 5.35. The zero-order valence-corrected chi connectivity index (χ0v) is 16.9. The van der Waals surface area contributed by atoms with Gasteiger partial charge in [0.25, 0.3) is 0 Å². The van der Waals surface area contributed by atoms with Crippen LogP contribution in [0.1, 0.15) is 26.5 Å². The van der Waals surface area contributed by atoms with E-state index >= 15 is 0 Å². The molecule has 5 nitrogen and oxygen atoms in total. The molecule has 0 unspecified atom stereocenters. The van der Waals surface area contributed by atoms with E-state index in [-0.39, 0.29) is 17.9 Å². The van der Waals surface area contributed by atoms with Crippen molar-refractivity contribution in [2.24, 2.45) is 0 Å². The molecule has 1 saturated heterocycles. The van der Waals surface area contributed by atoms with E-state index in [1.54, 1.807) is 11.3 Å². The molecule has 140 valence electrons. The minimum absolute atomic E-state index is 0.0331. The van der Waals surface area contributed by atoms with Gasteiger partial charge in [-0.3, -0.25) is 4.79 Å². The Hall–Kier alpha value is -1.63. The normalized spacial score (nSPS) is 15.2. The molecule has 7 heteroatoms. The topological polar surface area (TPSA) is 45.7 Å². The van der Waals surface area contributed by atoms with Gasteiger partial charge in [-0.05, 0) is 24.3 Å². The van der Waals surface area contributed by atoms with Gasteiger partial charge in [0.1, 0.15) is 6.54 Å². The molecular formula is C19H24ClN3O2S. The van der Waals surface area contributed by atoms with Crippen LogP contribution in [0.15, 0.2) is 29.6 Å². The summed E-state index contributed by atoms with van der Waals surface area (Å²) >= 11 is 7.59. The highest BCUT2D eigenvalue weighted by atomic mass is 35.5. The van der Waals surface area contributed by atoms with Crippen LogP contribution in [0.4, 0.5) is 10.8 Å². The lowest BCUT2D eigenvalue weighted by Gasteiger charge is -2.30. The molecule has 0 N–H and O–H groups in total. The Labute approximate surface area is 163 Å². The Bertz CT molecular complexity index is 749. The molecule has 1 amide bonds. The van der Waals surface area contributed by atoms with Gasteiger partial charge in [0.15, 0.2) is 5.13 Å². The van der Waals surface area contributed by atoms with Crippen molar-refractivity contribution in [2.45, 2.75) is 26.2 Å². The SMILES string of the molecule is CC(C)(C)c1csc(N(CC(=O)N2CCOCC2)c2ccc(Cl)cc2)n1. The molecule has 0 saturated carbocycles. The summed E-state index contributed by atoms with van der Waals surface area (Å²) in [6.45, 7) is 9.12. The molecule has 3 rings (SSSR count). The summed E-state index contributed by atoms with van der Waals surface area (Å²) in [5.74, 6) is 0.0794. The Kier molecular flexibility index (Phi) is 5.85. The van der Waals surface area contributed by atoms with E-state index in [2.05, 4.69) is 26.2 Å². The van der Waals surface area contributed by atoms with Gasteiger partial charge >= 0.3 is 0 Å². The van der Waals surface area contributed by atoms with Crippen molar-refractivity contribution in [3.05, 3.63) is 40.4 Å². The first kappa shape index (κ1) is 19.1. The number of amides is 1. The molecule has 0 radical (unpaired) electrons. The van der Waals surface area contributed by atoms with Gasteiger partial charge in [0.2, 0.25) is 5.91 Å². The van der Waals surface area contributed by atoms with Crippen LogP contribution in [0, 0.1) is 0 Å². The monoisotopic (exact) mass is 393 g/mol. The quantitative estimate of drug-likeness (QED) is 0.784. The van der Waals surface area contributed by atoms with Crippen molar-refractivity contribution in [3.63, 3.8) is 0 Å². The predicted octanol–water partition coefficient (Wildman–Crippen LogP) is 4.09. The fourth-order valence-electron chi connectivity index (χ4n) is 2.67. The maximum absolute atomic E-state index is 12.8. The Morgan fingerprint density at radius 2 is 1.92 bits per heavy atom. The molecule has 0 bridgehead atoms. The second-order valence-electron chi connectivity index (χ2n) is 7.32. The van der Waals surface area contributed by atoms with Crippen LogP contribution in [0.3, 0.4) is 0 Å². The number of rotatable bonds is 4. The van der Waals surface area contributed by atoms with Crippen molar-refractivity contribution in [1.29, 1.82) is 0 Å². The van der Waals surface area contributed by atoms with Crippen molar-refractivity contribution >= 4 is 39.7 Å². The van der Waals surface area contributed by atoms with Gasteiger partial charge in [-0.1, -0.05) is 32.4 Å². The Morgan fingerprint density at radius 1 is 1.27 bits per heavy atom. The largest absolute Gasteiger partial charge is 0.378 e. The molecule has 1 fully saturated rings. The number of benzene rings is 1. The van der Waals surface area contributed by atoms with Crippen LogP contribution >= 0.6 is 22.9 Å². The van der Waals surface area contributed by atoms with Crippen molar-refractivity contribution in [2.75, 3.05) is 37.7 Å². The maximum Gasteiger partial charge on any atom is 0.242 e. The van der Waals surface area contributed by atoms with Gasteiger partial charge in [-0.2, -0.15) is 0 Å². The number of halogens is 1. The van der Waals surface area contributed by atoms with E-state index in [9.17, 15) is 4.79 Å². The second kappa shape index (κ2) is 7.94. The summed E-state index contributed by atoms with van der Waals surface area (Å²) in [6.07, 6.45) is 0. The number of anilines is 2. The number of aromatic nitrogens is 1. The smallest absolute Gasteiger partial charge is 0.242 e. The molecule has 0 aliphatic carbocycles. The molecule has 1 aliphatic rings. The molecular weight excluding hydrogens is 370 g/mol. The summed E-state index contributed by atoms with van der Waals surface area (Å²) in [5.41, 5.74) is 1.90. The summed E-state index contributed by atoms with van der Waals surface area (Å²) in [5, 5.41) is 3.55. The Morgan fingerprint density at radius 3 is 2.50 bits per heavy atom. The number of morpholine rings is 1. The lowest BCUT2D eigenvalue weighted by atomic mass is 9.93. The zero-order valence-electron chi connectivity index (χ0n) is 15.4. The zero-order chi connectivity index (χ0) is 18.7. The molecule has 1 aromatic heterocycles. The molecule has 1 aliphatic heterocycles. The van der Waals surface area contributed by atoms with Gasteiger partial charge in [-0.25, -0.2) is 4.98 Å². The number of hydrogen-bond acceptors (Lipinski definition) is 5. The minimum atomic E-state index is -0.0331. The summed E-state index contributed by atoms with van der Waals surface area (Å²) in [7, 11) is 0. The van der Waals surface area contributed by atoms with Crippen molar-refractivity contribution < 1.29 is 9.53 Å². The highest BCUT2D eigenvalue weighted by Crippen LogP contribution is 2.33. The van der Waals surface area contributed by atoms with Crippen LogP contribution in [0.25, 0.3) is 0 Å². The first-order valence-electron chi connectivity index (χ1n) is 8.69. The van der Waals surface area contributed by atoms with Crippen molar-refractivity contribution in [1.82, 2.24) is 9.88 Å². The van der Waals surface area contributed by atoms with E-state index < -0.39 is 0 Å². The first-order valence-corrected chi connectivity index (χ1v) is 9.95. The third-order valence-electron chi connectivity index (χ3n) is 4.29. The maximum atomic E-state index is 12.8. The van der Waals surface area contributed by atoms with Crippen LogP contribution in [0.5, 0.6) is 0 Å². The fourth-order valence-corrected chi connectivity index (χ4v) is 3.87. The molecule has 2 aromatic rings. The van der Waals surface area contributed by atoms with Gasteiger partial charge in [0, 0.05) is 34.6 Å².